The number of hydrogen-bond donors (Lipinski definition) is 3. The maximum absolute atomic E-state index is 12.3. The van der Waals surface area contributed by atoms with Crippen LogP contribution in [-0.2, 0) is 4.79 Å². The van der Waals surface area contributed by atoms with E-state index in [4.69, 9.17) is 0 Å². The van der Waals surface area contributed by atoms with Crippen LogP contribution in [-0.4, -0.2) is 55.1 Å². The highest BCUT2D eigenvalue weighted by Gasteiger charge is 2.26. The first-order valence-corrected chi connectivity index (χ1v) is 9.49. The van der Waals surface area contributed by atoms with E-state index in [1.54, 1.807) is 0 Å². The quantitative estimate of drug-likeness (QED) is 0.714. The molecule has 2 rings (SSSR count). The van der Waals surface area contributed by atoms with E-state index in [0.717, 1.165) is 38.8 Å². The number of urea groups is 1. The van der Waals surface area contributed by atoms with Gasteiger partial charge in [0.15, 0.2) is 0 Å². The first kappa shape index (κ1) is 19.0. The summed E-state index contributed by atoms with van der Waals surface area (Å²) in [6.45, 7) is 9.51. The number of rotatable bonds is 5. The van der Waals surface area contributed by atoms with Crippen molar-refractivity contribution in [3.05, 3.63) is 0 Å². The first-order chi connectivity index (χ1) is 11.4. The molecule has 2 fully saturated rings. The minimum atomic E-state index is 0.0148. The Balaban J connectivity index is 1.73. The highest BCUT2D eigenvalue weighted by molar-refractivity contribution is 5.77. The summed E-state index contributed by atoms with van der Waals surface area (Å²) in [6.07, 6.45) is 4.55. The number of carbonyl (C=O) groups is 2. The topological polar surface area (TPSA) is 73.5 Å². The molecule has 0 spiro atoms. The van der Waals surface area contributed by atoms with Crippen LogP contribution >= 0.6 is 0 Å². The zero-order valence-corrected chi connectivity index (χ0v) is 15.4. The average Bonchev–Trinajstić information content (AvgIpc) is 2.52. The van der Waals surface area contributed by atoms with Crippen LogP contribution in [0.15, 0.2) is 0 Å². The minimum absolute atomic E-state index is 0.0148. The van der Waals surface area contributed by atoms with Gasteiger partial charge >= 0.3 is 6.03 Å². The Morgan fingerprint density at radius 2 is 2.08 bits per heavy atom. The molecule has 0 aliphatic carbocycles. The highest BCUT2D eigenvalue weighted by Crippen LogP contribution is 2.20. The van der Waals surface area contributed by atoms with Gasteiger partial charge < -0.3 is 20.9 Å². The summed E-state index contributed by atoms with van der Waals surface area (Å²) in [6, 6.07) is 0.780. The lowest BCUT2D eigenvalue weighted by Crippen LogP contribution is -2.49. The monoisotopic (exact) mass is 338 g/mol. The zero-order chi connectivity index (χ0) is 17.5. The molecule has 138 valence electrons. The Labute approximate surface area is 146 Å². The number of carbonyl (C=O) groups excluding carboxylic acids is 2. The van der Waals surface area contributed by atoms with Crippen LogP contribution < -0.4 is 16.0 Å². The van der Waals surface area contributed by atoms with Crippen molar-refractivity contribution < 1.29 is 9.59 Å². The molecule has 0 radical (unpaired) electrons. The second kappa shape index (κ2) is 9.25. The smallest absolute Gasteiger partial charge is 0.317 e. The van der Waals surface area contributed by atoms with Gasteiger partial charge in [-0.25, -0.2) is 4.79 Å². The third-order valence-electron chi connectivity index (χ3n) is 4.93. The maximum atomic E-state index is 12.3. The van der Waals surface area contributed by atoms with Crippen LogP contribution in [0.2, 0.25) is 0 Å². The largest absolute Gasteiger partial charge is 0.353 e. The minimum Gasteiger partial charge on any atom is -0.353 e. The predicted molar refractivity (Wildman–Crippen MR) is 95.8 cm³/mol. The molecule has 2 aliphatic rings. The van der Waals surface area contributed by atoms with Crippen molar-refractivity contribution in [3.63, 3.8) is 0 Å². The number of amides is 3. The van der Waals surface area contributed by atoms with E-state index < -0.39 is 0 Å². The van der Waals surface area contributed by atoms with Crippen molar-refractivity contribution in [2.75, 3.05) is 26.2 Å². The van der Waals surface area contributed by atoms with Gasteiger partial charge in [-0.05, 0) is 51.0 Å². The van der Waals surface area contributed by atoms with E-state index in [2.05, 4.69) is 36.7 Å². The van der Waals surface area contributed by atoms with Gasteiger partial charge in [0.05, 0.1) is 0 Å². The molecule has 2 aliphatic heterocycles. The van der Waals surface area contributed by atoms with Gasteiger partial charge in [0.1, 0.15) is 0 Å². The molecule has 3 N–H and O–H groups in total. The molecule has 3 atom stereocenters. The van der Waals surface area contributed by atoms with Crippen molar-refractivity contribution in [2.24, 2.45) is 11.8 Å². The standard InChI is InChI=1S/C18H34N4O2/c1-13(2)11-20-18(24)22-8-4-5-15(12-22)10-17(23)21-16-6-7-19-14(3)9-16/h13-16,19H,4-12H2,1-3H3,(H,20,24)(H,21,23). The van der Waals surface area contributed by atoms with Crippen LogP contribution in [0.1, 0.15) is 52.9 Å². The van der Waals surface area contributed by atoms with Gasteiger partial charge in [-0.2, -0.15) is 0 Å². The molecule has 6 heteroatoms. The van der Waals surface area contributed by atoms with Gasteiger partial charge in [-0.1, -0.05) is 13.8 Å². The van der Waals surface area contributed by atoms with Gasteiger partial charge in [-0.15, -0.1) is 0 Å². The fourth-order valence-corrected chi connectivity index (χ4v) is 3.63. The molecular formula is C18H34N4O2. The molecule has 2 saturated heterocycles. The first-order valence-electron chi connectivity index (χ1n) is 9.49. The lowest BCUT2D eigenvalue weighted by molar-refractivity contribution is -0.123. The van der Waals surface area contributed by atoms with Crippen LogP contribution in [0.4, 0.5) is 4.79 Å². The van der Waals surface area contributed by atoms with Crippen LogP contribution in [0.25, 0.3) is 0 Å². The summed E-state index contributed by atoms with van der Waals surface area (Å²) in [5, 5.41) is 9.56. The molecule has 0 bridgehead atoms. The van der Waals surface area contributed by atoms with E-state index in [9.17, 15) is 9.59 Å². The van der Waals surface area contributed by atoms with Crippen molar-refractivity contribution >= 4 is 11.9 Å². The van der Waals surface area contributed by atoms with E-state index in [1.807, 2.05) is 4.90 Å². The van der Waals surface area contributed by atoms with Gasteiger partial charge in [0.25, 0.3) is 0 Å². The van der Waals surface area contributed by atoms with Gasteiger partial charge in [-0.3, -0.25) is 4.79 Å². The van der Waals surface area contributed by atoms with Crippen LogP contribution in [0, 0.1) is 11.8 Å². The normalized spacial score (nSPS) is 27.8. The van der Waals surface area contributed by atoms with E-state index >= 15 is 0 Å². The van der Waals surface area contributed by atoms with Crippen molar-refractivity contribution in [3.8, 4) is 0 Å². The zero-order valence-electron chi connectivity index (χ0n) is 15.4. The second-order valence-corrected chi connectivity index (χ2v) is 7.88. The molecule has 24 heavy (non-hydrogen) atoms. The average molecular weight is 338 g/mol. The summed E-state index contributed by atoms with van der Waals surface area (Å²) < 4.78 is 0. The number of hydrogen-bond acceptors (Lipinski definition) is 3. The van der Waals surface area contributed by atoms with E-state index in [-0.39, 0.29) is 17.9 Å². The van der Waals surface area contributed by atoms with Gasteiger partial charge in [0, 0.05) is 38.1 Å². The number of likely N-dealkylation sites (tertiary alicyclic amines) is 1. The molecule has 0 aromatic carbocycles. The van der Waals surface area contributed by atoms with Crippen molar-refractivity contribution in [1.82, 2.24) is 20.9 Å². The van der Waals surface area contributed by atoms with Crippen LogP contribution in [0.3, 0.4) is 0 Å². The van der Waals surface area contributed by atoms with E-state index in [1.165, 1.54) is 0 Å². The summed E-state index contributed by atoms with van der Waals surface area (Å²) >= 11 is 0. The maximum Gasteiger partial charge on any atom is 0.317 e. The summed E-state index contributed by atoms with van der Waals surface area (Å²) in [7, 11) is 0. The summed E-state index contributed by atoms with van der Waals surface area (Å²) in [5.74, 6) is 0.874. The third-order valence-corrected chi connectivity index (χ3v) is 4.93. The number of nitrogens with zero attached hydrogens (tertiary/aromatic N) is 1. The molecule has 0 aromatic heterocycles. The lowest BCUT2D eigenvalue weighted by Gasteiger charge is -2.33. The van der Waals surface area contributed by atoms with Crippen molar-refractivity contribution in [2.45, 2.75) is 65.0 Å². The molecule has 3 amide bonds. The summed E-state index contributed by atoms with van der Waals surface area (Å²) in [5.41, 5.74) is 0. The summed E-state index contributed by atoms with van der Waals surface area (Å²) in [4.78, 5) is 26.4. The van der Waals surface area contributed by atoms with Crippen LogP contribution in [0.5, 0.6) is 0 Å². The van der Waals surface area contributed by atoms with Crippen molar-refractivity contribution in [1.29, 1.82) is 0 Å². The Hall–Kier alpha value is -1.30. The molecule has 0 aromatic rings. The van der Waals surface area contributed by atoms with E-state index in [0.29, 0.717) is 37.5 Å². The third kappa shape index (κ3) is 6.30. The number of nitrogens with one attached hydrogen (secondary N) is 3. The molecule has 0 saturated carbocycles. The SMILES string of the molecule is CC(C)CNC(=O)N1CCCC(CC(=O)NC2CCNC(C)C2)C1. The predicted octanol–water partition coefficient (Wildman–Crippen LogP) is 1.71. The molecule has 6 nitrogen and oxygen atoms in total. The fourth-order valence-electron chi connectivity index (χ4n) is 3.63. The fraction of sp³-hybridized carbons (Fsp3) is 0.889. The molecule has 2 heterocycles. The Morgan fingerprint density at radius 3 is 2.79 bits per heavy atom. The number of piperidine rings is 2. The second-order valence-electron chi connectivity index (χ2n) is 7.88. The Bertz CT molecular complexity index is 427. The molecule has 3 unspecified atom stereocenters. The Kier molecular flexibility index (Phi) is 7.34. The Morgan fingerprint density at radius 1 is 1.29 bits per heavy atom. The highest BCUT2D eigenvalue weighted by atomic mass is 16.2. The van der Waals surface area contributed by atoms with Gasteiger partial charge in [0.2, 0.25) is 5.91 Å². The molecular weight excluding hydrogens is 304 g/mol. The lowest BCUT2D eigenvalue weighted by atomic mass is 9.94.